The van der Waals surface area contributed by atoms with Gasteiger partial charge in [-0.15, -0.1) is 0 Å². The van der Waals surface area contributed by atoms with Crippen molar-refractivity contribution in [1.29, 1.82) is 0 Å². The predicted octanol–water partition coefficient (Wildman–Crippen LogP) is 4.96. The van der Waals surface area contributed by atoms with Crippen LogP contribution in [0, 0.1) is 0 Å². The van der Waals surface area contributed by atoms with E-state index in [2.05, 4.69) is 39.8 Å². The normalized spacial score (nSPS) is 14.4. The predicted molar refractivity (Wildman–Crippen MR) is 185 cm³/mol. The van der Waals surface area contributed by atoms with E-state index in [-0.39, 0.29) is 17.9 Å². The monoisotopic (exact) mass is 642 g/mol. The van der Waals surface area contributed by atoms with Crippen LogP contribution in [-0.2, 0) is 16.1 Å². The van der Waals surface area contributed by atoms with Crippen LogP contribution in [0.3, 0.4) is 0 Å². The fourth-order valence-electron chi connectivity index (χ4n) is 5.38. The molecule has 1 saturated heterocycles. The van der Waals surface area contributed by atoms with E-state index in [0.717, 1.165) is 40.5 Å². The average Bonchev–Trinajstić information content (AvgIpc) is 3.44. The van der Waals surface area contributed by atoms with E-state index in [0.29, 0.717) is 43.9 Å². The van der Waals surface area contributed by atoms with Crippen molar-refractivity contribution in [3.8, 4) is 0 Å². The number of hydrogen-bond acceptors (Lipinski definition) is 10. The van der Waals surface area contributed by atoms with Crippen LogP contribution in [0.15, 0.2) is 48.7 Å². The fourth-order valence-corrected chi connectivity index (χ4v) is 5.38. The Labute approximate surface area is 275 Å². The summed E-state index contributed by atoms with van der Waals surface area (Å²) < 4.78 is 7.19. The minimum absolute atomic E-state index is 0.0196. The van der Waals surface area contributed by atoms with Crippen LogP contribution in [-0.4, -0.2) is 86.8 Å². The zero-order valence-corrected chi connectivity index (χ0v) is 28.4. The SMILES string of the molecule is CC(C)c1cnn2c(NCc3cccc4ccc(NC(=O)/C=C/CN(C)C)nc34)nc(N3CCC(NC(=O)OC(C)(C)C)CC3)nc12. The fraction of sp³-hybridized carbons (Fsp3) is 0.471. The topological polar surface area (TPSA) is 142 Å². The number of alkyl carbamates (subject to hydrolysis) is 1. The minimum atomic E-state index is -0.541. The van der Waals surface area contributed by atoms with Crippen LogP contribution in [0.5, 0.6) is 0 Å². The molecule has 0 aliphatic carbocycles. The van der Waals surface area contributed by atoms with Crippen LogP contribution in [0.1, 0.15) is 64.5 Å². The molecule has 2 amide bonds. The van der Waals surface area contributed by atoms with Crippen LogP contribution in [0.2, 0.25) is 0 Å². The molecular weight excluding hydrogens is 596 g/mol. The molecule has 5 rings (SSSR count). The lowest BCUT2D eigenvalue weighted by atomic mass is 10.1. The molecule has 4 heterocycles. The van der Waals surface area contributed by atoms with E-state index in [4.69, 9.17) is 19.7 Å². The smallest absolute Gasteiger partial charge is 0.407 e. The number of amides is 2. The van der Waals surface area contributed by atoms with Gasteiger partial charge < -0.3 is 30.5 Å². The number of benzene rings is 1. The molecule has 47 heavy (non-hydrogen) atoms. The van der Waals surface area contributed by atoms with Gasteiger partial charge in [-0.3, -0.25) is 4.79 Å². The molecule has 1 aliphatic heterocycles. The zero-order chi connectivity index (χ0) is 33.7. The van der Waals surface area contributed by atoms with Crippen LogP contribution in [0.4, 0.5) is 22.5 Å². The van der Waals surface area contributed by atoms with Crippen molar-refractivity contribution in [3.63, 3.8) is 0 Å². The molecule has 0 spiro atoms. The summed E-state index contributed by atoms with van der Waals surface area (Å²) >= 11 is 0. The van der Waals surface area contributed by atoms with Crippen molar-refractivity contribution >= 4 is 46.3 Å². The Morgan fingerprint density at radius 3 is 2.55 bits per heavy atom. The first-order valence-electron chi connectivity index (χ1n) is 16.1. The van der Waals surface area contributed by atoms with Crippen molar-refractivity contribution in [3.05, 3.63) is 59.8 Å². The number of likely N-dealkylation sites (N-methyl/N-ethyl adjacent to an activating group) is 1. The molecule has 0 saturated carbocycles. The minimum Gasteiger partial charge on any atom is -0.444 e. The molecule has 1 aromatic carbocycles. The number of pyridine rings is 1. The van der Waals surface area contributed by atoms with Crippen molar-refractivity contribution in [1.82, 2.24) is 34.8 Å². The molecule has 1 fully saturated rings. The lowest BCUT2D eigenvalue weighted by Gasteiger charge is -2.33. The standard InChI is InChI=1S/C34H46N10O3/c1-22(2)26-21-36-44-30(26)40-32(43-18-15-25(16-19-43)37-33(46)47-34(3,4)5)41-31(44)35-20-24-11-8-10-23-13-14-27(39-29(23)24)38-28(45)12-9-17-42(6)7/h8-14,21-22,25H,15-20H2,1-7H3,(H,37,46)(H,35,40,41)(H,38,39,45)/b12-9+. The first-order valence-corrected chi connectivity index (χ1v) is 16.1. The van der Waals surface area contributed by atoms with E-state index < -0.39 is 11.7 Å². The number of fused-ring (bicyclic) bond motifs is 2. The molecule has 0 unspecified atom stereocenters. The van der Waals surface area contributed by atoms with E-state index in [1.807, 2.05) is 76.3 Å². The highest BCUT2D eigenvalue weighted by Gasteiger charge is 2.26. The van der Waals surface area contributed by atoms with E-state index in [1.165, 1.54) is 6.08 Å². The second-order valence-corrected chi connectivity index (χ2v) is 13.4. The maximum atomic E-state index is 12.5. The summed E-state index contributed by atoms with van der Waals surface area (Å²) in [5.41, 5.74) is 2.97. The third kappa shape index (κ3) is 8.73. The third-order valence-electron chi connectivity index (χ3n) is 7.74. The Morgan fingerprint density at radius 1 is 1.09 bits per heavy atom. The van der Waals surface area contributed by atoms with Gasteiger partial charge in [0.15, 0.2) is 5.65 Å². The highest BCUT2D eigenvalue weighted by molar-refractivity contribution is 5.99. The maximum absolute atomic E-state index is 12.5. The number of rotatable bonds is 10. The van der Waals surface area contributed by atoms with Crippen LogP contribution >= 0.6 is 0 Å². The molecule has 13 nitrogen and oxygen atoms in total. The highest BCUT2D eigenvalue weighted by Crippen LogP contribution is 2.26. The molecule has 0 radical (unpaired) electrons. The van der Waals surface area contributed by atoms with Gasteiger partial charge in [-0.05, 0) is 71.3 Å². The Hall–Kier alpha value is -4.78. The highest BCUT2D eigenvalue weighted by atomic mass is 16.6. The number of piperidine rings is 1. The summed E-state index contributed by atoms with van der Waals surface area (Å²) in [7, 11) is 3.89. The average molecular weight is 643 g/mol. The first-order chi connectivity index (χ1) is 22.4. The van der Waals surface area contributed by atoms with E-state index in [1.54, 1.807) is 10.6 Å². The number of nitrogens with one attached hydrogen (secondary N) is 3. The molecule has 250 valence electrons. The molecule has 3 N–H and O–H groups in total. The number of nitrogens with zero attached hydrogens (tertiary/aromatic N) is 7. The number of aromatic nitrogens is 5. The van der Waals surface area contributed by atoms with E-state index >= 15 is 0 Å². The van der Waals surface area contributed by atoms with Gasteiger partial charge in [0.05, 0.1) is 11.7 Å². The van der Waals surface area contributed by atoms with Gasteiger partial charge >= 0.3 is 6.09 Å². The van der Waals surface area contributed by atoms with Gasteiger partial charge in [-0.25, -0.2) is 9.78 Å². The van der Waals surface area contributed by atoms with Gasteiger partial charge in [-0.2, -0.15) is 19.6 Å². The number of anilines is 3. The second kappa shape index (κ2) is 14.3. The first kappa shape index (κ1) is 33.6. The summed E-state index contributed by atoms with van der Waals surface area (Å²) in [5.74, 6) is 1.66. The van der Waals surface area contributed by atoms with E-state index in [9.17, 15) is 9.59 Å². The second-order valence-electron chi connectivity index (χ2n) is 13.4. The Bertz CT molecular complexity index is 1750. The summed E-state index contributed by atoms with van der Waals surface area (Å²) in [6.07, 6.45) is 6.29. The number of carbonyl (C=O) groups excluding carboxylic acids is 2. The summed E-state index contributed by atoms with van der Waals surface area (Å²) in [5, 5.41) is 15.0. The molecule has 4 aromatic rings. The van der Waals surface area contributed by atoms with Crippen LogP contribution in [0.25, 0.3) is 16.6 Å². The molecule has 1 aliphatic rings. The summed E-state index contributed by atoms with van der Waals surface area (Å²) in [6.45, 7) is 12.3. The van der Waals surface area contributed by atoms with Gasteiger partial charge in [0.2, 0.25) is 17.8 Å². The third-order valence-corrected chi connectivity index (χ3v) is 7.74. The van der Waals surface area contributed by atoms with Crippen molar-refractivity contribution < 1.29 is 14.3 Å². The van der Waals surface area contributed by atoms with Crippen molar-refractivity contribution in [2.24, 2.45) is 0 Å². The quantitative estimate of drug-likeness (QED) is 0.203. The molecule has 13 heteroatoms. The van der Waals surface area contributed by atoms with Gasteiger partial charge in [0, 0.05) is 49.2 Å². The number of carbonyl (C=O) groups is 2. The summed E-state index contributed by atoms with van der Waals surface area (Å²) in [6, 6.07) is 9.78. The van der Waals surface area contributed by atoms with Gasteiger partial charge in [0.25, 0.3) is 0 Å². The number of ether oxygens (including phenoxy) is 1. The van der Waals surface area contributed by atoms with Crippen molar-refractivity contribution in [2.45, 2.75) is 71.6 Å². The van der Waals surface area contributed by atoms with Crippen LogP contribution < -0.4 is 20.9 Å². The van der Waals surface area contributed by atoms with Crippen molar-refractivity contribution in [2.75, 3.05) is 49.3 Å². The van der Waals surface area contributed by atoms with Gasteiger partial charge in [0.1, 0.15) is 11.4 Å². The lowest BCUT2D eigenvalue weighted by Crippen LogP contribution is -2.46. The molecule has 0 atom stereocenters. The maximum Gasteiger partial charge on any atom is 0.407 e. The Kier molecular flexibility index (Phi) is 10.2. The number of hydrogen-bond donors (Lipinski definition) is 3. The Morgan fingerprint density at radius 2 is 1.85 bits per heavy atom. The molecule has 3 aromatic heterocycles. The largest absolute Gasteiger partial charge is 0.444 e. The summed E-state index contributed by atoms with van der Waals surface area (Å²) in [4.78, 5) is 43.6. The lowest BCUT2D eigenvalue weighted by molar-refractivity contribution is -0.111. The Balaban J connectivity index is 1.35. The molecule has 0 bridgehead atoms. The molecular formula is C34H46N10O3. The van der Waals surface area contributed by atoms with Gasteiger partial charge in [-0.1, -0.05) is 38.1 Å². The number of para-hydroxylation sites is 1. The zero-order valence-electron chi connectivity index (χ0n) is 28.4.